The molecule has 0 radical (unpaired) electrons. The van der Waals surface area contributed by atoms with Gasteiger partial charge in [-0.3, -0.25) is 4.79 Å². The van der Waals surface area contributed by atoms with Crippen molar-refractivity contribution in [3.8, 4) is 0 Å². The third-order valence-corrected chi connectivity index (χ3v) is 1.25. The molecule has 0 spiro atoms. The van der Waals surface area contributed by atoms with Gasteiger partial charge in [-0.15, -0.1) is 0 Å². The fourth-order valence-electron chi connectivity index (χ4n) is 0.583. The zero-order valence-electron chi connectivity index (χ0n) is 5.17. The van der Waals surface area contributed by atoms with Crippen LogP contribution in [0.1, 0.15) is 12.8 Å². The molecule has 52 valence electrons. The number of aliphatic hydroxyl groups excluding tert-OH is 1. The van der Waals surface area contributed by atoms with Crippen molar-refractivity contribution in [2.75, 3.05) is 13.2 Å². The number of rotatable bonds is 3. The molecule has 0 aromatic carbocycles. The van der Waals surface area contributed by atoms with Gasteiger partial charge in [0.25, 0.3) is 0 Å². The van der Waals surface area contributed by atoms with Gasteiger partial charge in [0.15, 0.2) is 0 Å². The molecule has 0 unspecified atom stereocenters. The normalized spacial score (nSPS) is 17.4. The van der Waals surface area contributed by atoms with E-state index in [2.05, 4.69) is 4.74 Å². The summed E-state index contributed by atoms with van der Waals surface area (Å²) in [5.41, 5.74) is 0. The van der Waals surface area contributed by atoms with Crippen LogP contribution in [0.5, 0.6) is 0 Å². The van der Waals surface area contributed by atoms with Crippen LogP contribution < -0.4 is 0 Å². The van der Waals surface area contributed by atoms with Crippen LogP contribution in [0.3, 0.4) is 0 Å². The lowest BCUT2D eigenvalue weighted by atomic mass is 10.4. The summed E-state index contributed by atoms with van der Waals surface area (Å²) in [5, 5.41) is 8.24. The van der Waals surface area contributed by atoms with Gasteiger partial charge in [-0.25, -0.2) is 0 Å². The second-order valence-electron chi connectivity index (χ2n) is 2.17. The fourth-order valence-corrected chi connectivity index (χ4v) is 0.583. The number of hydrogen-bond donors (Lipinski definition) is 1. The highest BCUT2D eigenvalue weighted by Crippen LogP contribution is 2.29. The first kappa shape index (κ1) is 6.55. The van der Waals surface area contributed by atoms with Crippen LogP contribution >= 0.6 is 0 Å². The molecule has 1 N–H and O–H groups in total. The first-order valence-electron chi connectivity index (χ1n) is 3.12. The molecule has 0 aromatic heterocycles. The van der Waals surface area contributed by atoms with E-state index in [0.717, 1.165) is 12.8 Å². The highest BCUT2D eigenvalue weighted by Gasteiger charge is 2.30. The molecule has 0 atom stereocenters. The predicted molar refractivity (Wildman–Crippen MR) is 30.8 cm³/mol. The predicted octanol–water partition coefficient (Wildman–Crippen LogP) is -0.0681. The maximum absolute atomic E-state index is 10.6. The molecule has 0 amide bonds. The van der Waals surface area contributed by atoms with E-state index >= 15 is 0 Å². The maximum Gasteiger partial charge on any atom is 0.309 e. The Labute approximate surface area is 53.6 Å². The summed E-state index contributed by atoms with van der Waals surface area (Å²) in [5.74, 6) is 0.000556. The van der Waals surface area contributed by atoms with Gasteiger partial charge in [0.05, 0.1) is 12.5 Å². The van der Waals surface area contributed by atoms with Crippen molar-refractivity contribution in [1.82, 2.24) is 0 Å². The van der Waals surface area contributed by atoms with Crippen molar-refractivity contribution in [3.05, 3.63) is 0 Å². The monoisotopic (exact) mass is 130 g/mol. The van der Waals surface area contributed by atoms with E-state index in [0.29, 0.717) is 0 Å². The average Bonchev–Trinajstić information content (AvgIpc) is 2.63. The fraction of sp³-hybridized carbons (Fsp3) is 0.833. The highest BCUT2D eigenvalue weighted by molar-refractivity contribution is 5.74. The minimum absolute atomic E-state index is 0.0710. The summed E-state index contributed by atoms with van der Waals surface area (Å²) in [4.78, 5) is 10.6. The molecule has 0 saturated heterocycles. The van der Waals surface area contributed by atoms with Gasteiger partial charge in [-0.05, 0) is 12.8 Å². The van der Waals surface area contributed by atoms with Crippen molar-refractivity contribution in [2.45, 2.75) is 12.8 Å². The van der Waals surface area contributed by atoms with Crippen molar-refractivity contribution in [1.29, 1.82) is 0 Å². The van der Waals surface area contributed by atoms with E-state index in [1.54, 1.807) is 0 Å². The molecule has 9 heavy (non-hydrogen) atoms. The number of carbonyl (C=O) groups excluding carboxylic acids is 1. The smallest absolute Gasteiger partial charge is 0.309 e. The second-order valence-corrected chi connectivity index (χ2v) is 2.17. The van der Waals surface area contributed by atoms with Gasteiger partial charge < -0.3 is 9.84 Å². The van der Waals surface area contributed by atoms with Crippen LogP contribution in [0, 0.1) is 5.92 Å². The van der Waals surface area contributed by atoms with Gasteiger partial charge in [0.2, 0.25) is 0 Å². The lowest BCUT2D eigenvalue weighted by Gasteiger charge is -1.98. The first-order valence-corrected chi connectivity index (χ1v) is 3.12. The summed E-state index contributed by atoms with van der Waals surface area (Å²) in [6.45, 7) is 0.0772. The molecule has 1 rings (SSSR count). The van der Waals surface area contributed by atoms with E-state index in [1.807, 2.05) is 0 Å². The third kappa shape index (κ3) is 2.01. The van der Waals surface area contributed by atoms with E-state index < -0.39 is 0 Å². The van der Waals surface area contributed by atoms with Crippen LogP contribution in [0.2, 0.25) is 0 Å². The summed E-state index contributed by atoms with van der Waals surface area (Å²) in [6, 6.07) is 0. The standard InChI is InChI=1S/C6H10O3/c7-3-4-9-6(8)5-1-2-5/h5,7H,1-4H2. The van der Waals surface area contributed by atoms with Crippen molar-refractivity contribution < 1.29 is 14.6 Å². The Morgan fingerprint density at radius 3 is 2.78 bits per heavy atom. The maximum atomic E-state index is 10.6. The van der Waals surface area contributed by atoms with Crippen LogP contribution in [0.25, 0.3) is 0 Å². The quantitative estimate of drug-likeness (QED) is 0.544. The summed E-state index contributed by atoms with van der Waals surface area (Å²) in [7, 11) is 0. The van der Waals surface area contributed by atoms with Crippen LogP contribution in [0.15, 0.2) is 0 Å². The lowest BCUT2D eigenvalue weighted by molar-refractivity contribution is -0.146. The average molecular weight is 130 g/mol. The molecular formula is C6H10O3. The third-order valence-electron chi connectivity index (χ3n) is 1.25. The number of ether oxygens (including phenoxy) is 1. The SMILES string of the molecule is O=C(OCCO)C1CC1. The highest BCUT2D eigenvalue weighted by atomic mass is 16.5. The van der Waals surface area contributed by atoms with E-state index in [9.17, 15) is 4.79 Å². The van der Waals surface area contributed by atoms with Crippen LogP contribution in [0.4, 0.5) is 0 Å². The number of carbonyl (C=O) groups is 1. The van der Waals surface area contributed by atoms with Gasteiger partial charge in [-0.1, -0.05) is 0 Å². The minimum Gasteiger partial charge on any atom is -0.463 e. The molecule has 1 aliphatic rings. The zero-order chi connectivity index (χ0) is 6.69. The van der Waals surface area contributed by atoms with E-state index in [1.165, 1.54) is 0 Å². The van der Waals surface area contributed by atoms with Crippen molar-refractivity contribution in [3.63, 3.8) is 0 Å². The molecule has 0 bridgehead atoms. The number of hydrogen-bond acceptors (Lipinski definition) is 3. The Kier molecular flexibility index (Phi) is 2.05. The Morgan fingerprint density at radius 1 is 1.67 bits per heavy atom. The molecule has 0 aromatic rings. The van der Waals surface area contributed by atoms with E-state index in [-0.39, 0.29) is 25.1 Å². The second kappa shape index (κ2) is 2.82. The van der Waals surface area contributed by atoms with Gasteiger partial charge in [-0.2, -0.15) is 0 Å². The molecule has 0 heterocycles. The van der Waals surface area contributed by atoms with Gasteiger partial charge >= 0.3 is 5.97 Å². The Hall–Kier alpha value is -0.570. The topological polar surface area (TPSA) is 46.5 Å². The van der Waals surface area contributed by atoms with E-state index in [4.69, 9.17) is 5.11 Å². The zero-order valence-corrected chi connectivity index (χ0v) is 5.17. The van der Waals surface area contributed by atoms with Crippen molar-refractivity contribution >= 4 is 5.97 Å². The minimum atomic E-state index is -0.149. The molecular weight excluding hydrogens is 120 g/mol. The van der Waals surface area contributed by atoms with Crippen LogP contribution in [-0.2, 0) is 9.53 Å². The van der Waals surface area contributed by atoms with Crippen molar-refractivity contribution in [2.24, 2.45) is 5.92 Å². The summed E-state index contributed by atoms with van der Waals surface area (Å²) in [6.07, 6.45) is 1.93. The van der Waals surface area contributed by atoms with Gasteiger partial charge in [0, 0.05) is 0 Å². The molecule has 1 fully saturated rings. The largest absolute Gasteiger partial charge is 0.463 e. The Bertz CT molecular complexity index is 107. The summed E-state index contributed by atoms with van der Waals surface area (Å²) < 4.78 is 4.63. The lowest BCUT2D eigenvalue weighted by Crippen LogP contribution is -2.09. The van der Waals surface area contributed by atoms with Crippen LogP contribution in [-0.4, -0.2) is 24.3 Å². The molecule has 1 saturated carbocycles. The molecule has 3 heteroatoms. The molecule has 0 aliphatic heterocycles. The first-order chi connectivity index (χ1) is 4.34. The summed E-state index contributed by atoms with van der Waals surface area (Å²) >= 11 is 0. The number of esters is 1. The van der Waals surface area contributed by atoms with Gasteiger partial charge in [0.1, 0.15) is 6.61 Å². The molecule has 3 nitrogen and oxygen atoms in total. The Morgan fingerprint density at radius 2 is 2.33 bits per heavy atom. The Balaban J connectivity index is 2.03. The number of aliphatic hydroxyl groups is 1. The molecule has 1 aliphatic carbocycles.